The fourth-order valence-corrected chi connectivity index (χ4v) is 32.4. The van der Waals surface area contributed by atoms with Crippen LogP contribution in [0, 0.1) is 0 Å². The smallest absolute Gasteiger partial charge is 0.411 e. The molecule has 4 N–H and O–H groups in total. The van der Waals surface area contributed by atoms with Gasteiger partial charge >= 0.3 is 61.4 Å². The van der Waals surface area contributed by atoms with E-state index in [1.54, 1.807) is 0 Å². The molecule has 2 bridgehead atoms. The average molecular weight is 513 g/mol. The van der Waals surface area contributed by atoms with Crippen molar-refractivity contribution < 1.29 is 52.1 Å². The molecule has 0 spiro atoms. The molecule has 6 atom stereocenters. The van der Waals surface area contributed by atoms with Gasteiger partial charge in [0.1, 0.15) is 0 Å². The van der Waals surface area contributed by atoms with E-state index in [1.165, 1.54) is 52.4 Å². The van der Waals surface area contributed by atoms with E-state index in [4.69, 9.17) is 32.9 Å². The lowest BCUT2D eigenvalue weighted by molar-refractivity contribution is 0.0441. The van der Waals surface area contributed by atoms with Crippen molar-refractivity contribution in [2.24, 2.45) is 0 Å². The zero-order valence-electron chi connectivity index (χ0n) is 16.6. The molecule has 2 saturated heterocycles. The minimum atomic E-state index is -3.92. The van der Waals surface area contributed by atoms with Crippen LogP contribution in [-0.2, 0) is 32.9 Å². The number of hydrogen-bond donors (Lipinski definition) is 4. The predicted octanol–water partition coefficient (Wildman–Crippen LogP) is -0.770. The van der Waals surface area contributed by atoms with E-state index < -0.39 is 61.4 Å². The molecule has 2 heterocycles. The monoisotopic (exact) mass is 512 g/mol. The summed E-state index contributed by atoms with van der Waals surface area (Å²) in [5.74, 6) is 0. The fraction of sp³-hybridized carbons (Fsp3) is 1.00. The minimum absolute atomic E-state index is 1.28. The van der Waals surface area contributed by atoms with Crippen LogP contribution in [-0.4, -0.2) is 80.6 Å². The van der Waals surface area contributed by atoms with Crippen LogP contribution in [0.1, 0.15) is 0 Å². The molecule has 27 heavy (non-hydrogen) atoms. The van der Waals surface area contributed by atoms with Gasteiger partial charge in [-0.3, -0.25) is 0 Å². The van der Waals surface area contributed by atoms with Crippen molar-refractivity contribution in [2.75, 3.05) is 0 Å². The Morgan fingerprint density at radius 2 is 0.963 bits per heavy atom. The van der Waals surface area contributed by atoms with E-state index in [0.29, 0.717) is 0 Å². The molecule has 0 amide bonds. The maximum Gasteiger partial charge on any atom is 0.480 e. The first-order chi connectivity index (χ1) is 11.7. The second kappa shape index (κ2) is 7.04. The van der Waals surface area contributed by atoms with Crippen molar-refractivity contribution in [3.05, 3.63) is 0 Å². The maximum atomic E-state index is 10.7. The van der Waals surface area contributed by atoms with Crippen molar-refractivity contribution in [3.63, 3.8) is 0 Å². The average Bonchev–Trinajstić information content (AvgIpc) is 2.11. The first-order valence-corrected chi connectivity index (χ1v) is 24.5. The highest BCUT2D eigenvalue weighted by Gasteiger charge is 2.67. The van der Waals surface area contributed by atoms with Gasteiger partial charge in [-0.25, -0.2) is 0 Å². The quantitative estimate of drug-likeness (QED) is 0.343. The molecule has 2 rings (SSSR count). The lowest BCUT2D eigenvalue weighted by Gasteiger charge is -2.50. The molecule has 2 aliphatic heterocycles. The first-order valence-electron chi connectivity index (χ1n) is 8.16. The third-order valence-corrected chi connectivity index (χ3v) is 27.5. The van der Waals surface area contributed by atoms with Gasteiger partial charge in [-0.1, -0.05) is 0 Å². The first kappa shape index (κ1) is 24.3. The Bertz CT molecular complexity index is 581. The zero-order chi connectivity index (χ0) is 21.2. The largest absolute Gasteiger partial charge is 0.480 e. The highest BCUT2D eigenvalue weighted by molar-refractivity contribution is 6.94. The van der Waals surface area contributed by atoms with Crippen molar-refractivity contribution in [1.82, 2.24) is 0 Å². The molecule has 160 valence electrons. The lowest BCUT2D eigenvalue weighted by atomic mass is 11.9. The Hall–Kier alpha value is 1.04. The van der Waals surface area contributed by atoms with Crippen molar-refractivity contribution in [2.45, 2.75) is 52.4 Å². The number of fused-ring (bicyclic) bond motifs is 2. The van der Waals surface area contributed by atoms with E-state index in [0.717, 1.165) is 0 Å². The van der Waals surface area contributed by atoms with Gasteiger partial charge in [0.2, 0.25) is 0 Å². The van der Waals surface area contributed by atoms with Gasteiger partial charge in [0.15, 0.2) is 0 Å². The summed E-state index contributed by atoms with van der Waals surface area (Å²) in [4.78, 5) is 41.9. The Morgan fingerprint density at radius 1 is 0.593 bits per heavy atom. The number of hydrogen-bond acceptors (Lipinski definition) is 12. The summed E-state index contributed by atoms with van der Waals surface area (Å²) in [5.41, 5.74) is 0. The second-order valence-corrected chi connectivity index (χ2v) is 27.5. The SMILES string of the molecule is C[Si](C)(O)O[Si]1(C)O[Si@@](C)(O)O[Si@@]2(C)O[Si](C)(O)O[Si](C)(O)O[Si@](C)(O1)O2. The van der Waals surface area contributed by atoms with Crippen LogP contribution in [0.3, 0.4) is 0 Å². The van der Waals surface area contributed by atoms with Gasteiger partial charge in [-0.05, 0) is 13.1 Å². The lowest BCUT2D eigenvalue weighted by Crippen LogP contribution is -2.76. The van der Waals surface area contributed by atoms with Crippen LogP contribution >= 0.6 is 0 Å². The van der Waals surface area contributed by atoms with Crippen LogP contribution in [0.4, 0.5) is 0 Å². The summed E-state index contributed by atoms with van der Waals surface area (Å²) < 4.78 is 45.8. The summed E-state index contributed by atoms with van der Waals surface area (Å²) in [6, 6.07) is 0. The fourth-order valence-electron chi connectivity index (χ4n) is 3.10. The molecule has 12 nitrogen and oxygen atoms in total. The molecule has 0 aromatic rings. The van der Waals surface area contributed by atoms with Gasteiger partial charge in [0, 0.05) is 39.3 Å². The predicted molar refractivity (Wildman–Crippen MR) is 105 cm³/mol. The van der Waals surface area contributed by atoms with Crippen LogP contribution in [0.5, 0.6) is 0 Å². The van der Waals surface area contributed by atoms with Crippen LogP contribution in [0.25, 0.3) is 0 Å². The molecule has 0 aromatic carbocycles. The van der Waals surface area contributed by atoms with Crippen LogP contribution in [0.2, 0.25) is 52.4 Å². The zero-order valence-corrected chi connectivity index (χ0v) is 23.6. The normalized spacial score (nSPS) is 52.4. The maximum absolute atomic E-state index is 10.7. The number of rotatable bonds is 2. The van der Waals surface area contributed by atoms with Gasteiger partial charge in [0.05, 0.1) is 0 Å². The van der Waals surface area contributed by atoms with Crippen molar-refractivity contribution >= 4 is 61.4 Å². The molecule has 0 saturated carbocycles. The van der Waals surface area contributed by atoms with Gasteiger partial charge in [-0.2, -0.15) is 0 Å². The summed E-state index contributed by atoms with van der Waals surface area (Å²) >= 11 is 0. The molecule has 2 fully saturated rings. The summed E-state index contributed by atoms with van der Waals surface area (Å²) in [6.07, 6.45) is 0. The molecule has 0 radical (unpaired) electrons. The van der Waals surface area contributed by atoms with E-state index in [9.17, 15) is 19.2 Å². The third-order valence-electron chi connectivity index (χ3n) is 3.05. The van der Waals surface area contributed by atoms with E-state index in [-0.39, 0.29) is 0 Å². The highest BCUT2D eigenvalue weighted by atomic mass is 28.6. The van der Waals surface area contributed by atoms with Crippen LogP contribution < -0.4 is 0 Å². The van der Waals surface area contributed by atoms with Crippen molar-refractivity contribution in [1.29, 1.82) is 0 Å². The third kappa shape index (κ3) is 7.05. The van der Waals surface area contributed by atoms with Gasteiger partial charge < -0.3 is 52.1 Å². The summed E-state index contributed by atoms with van der Waals surface area (Å²) in [6.45, 7) is 11.3. The standard InChI is InChI=1S/C8H28O12Si7/c1-21(2,9)13-25(6)17-24(5,12)18-26(7)15-22(3,10)14-23(4,11)16-27(8,19-25)20-26/h9-12H,1-8H3/t22?,23?,24-,25?,26-,27-/m1/s1. The van der Waals surface area contributed by atoms with Crippen molar-refractivity contribution in [3.8, 4) is 0 Å². The molecular weight excluding hydrogens is 485 g/mol. The molecule has 0 aromatic heterocycles. The summed E-state index contributed by atoms with van der Waals surface area (Å²) in [7, 11) is -26.2. The molecule has 0 aliphatic carbocycles. The Kier molecular flexibility index (Phi) is 6.34. The van der Waals surface area contributed by atoms with E-state index in [2.05, 4.69) is 0 Å². The van der Waals surface area contributed by atoms with E-state index >= 15 is 0 Å². The molecule has 19 heteroatoms. The highest BCUT2D eigenvalue weighted by Crippen LogP contribution is 2.36. The molecule has 3 unspecified atom stereocenters. The molecular formula is C8H28O12Si7. The second-order valence-electron chi connectivity index (χ2n) is 7.54. The Balaban J connectivity index is 2.50. The summed E-state index contributed by atoms with van der Waals surface area (Å²) in [5, 5.41) is 0. The molecule has 2 aliphatic rings. The van der Waals surface area contributed by atoms with Crippen LogP contribution in [0.15, 0.2) is 0 Å². The Labute approximate surface area is 166 Å². The minimum Gasteiger partial charge on any atom is -0.411 e. The van der Waals surface area contributed by atoms with Gasteiger partial charge in [-0.15, -0.1) is 0 Å². The Morgan fingerprint density at radius 3 is 1.37 bits per heavy atom. The van der Waals surface area contributed by atoms with Gasteiger partial charge in [0.25, 0.3) is 0 Å². The topological polar surface area (TPSA) is 155 Å². The van der Waals surface area contributed by atoms with E-state index in [1.807, 2.05) is 0 Å².